The number of thiazole rings is 1. The Morgan fingerprint density at radius 1 is 1.34 bits per heavy atom. The molecule has 2 amide bonds. The highest BCUT2D eigenvalue weighted by Gasteiger charge is 2.38. The summed E-state index contributed by atoms with van der Waals surface area (Å²) in [6.45, 7) is 5.85. The highest BCUT2D eigenvalue weighted by molar-refractivity contribution is 9.10. The standard InChI is InChI=1S/C21H25BrN4O2S/c1-14-4-3-8-25(11-14)12-16-13-29-21(23-16)24-19(27)18-7-9-26(20(18)28)17-6-2-5-15(22)10-17/h2,5-6,10,13-14,18H,3-4,7-9,11-12H2,1H3,(H,23,24,27). The van der Waals surface area contributed by atoms with Crippen LogP contribution in [-0.4, -0.2) is 41.3 Å². The molecule has 1 N–H and O–H groups in total. The average molecular weight is 477 g/mol. The lowest BCUT2D eigenvalue weighted by Crippen LogP contribution is -2.34. The molecule has 8 heteroatoms. The quantitative estimate of drug-likeness (QED) is 0.658. The Hall–Kier alpha value is -1.77. The van der Waals surface area contributed by atoms with E-state index in [9.17, 15) is 9.59 Å². The zero-order valence-corrected chi connectivity index (χ0v) is 18.8. The van der Waals surface area contributed by atoms with Crippen molar-refractivity contribution in [2.75, 3.05) is 29.9 Å². The number of aromatic nitrogens is 1. The number of rotatable bonds is 5. The van der Waals surface area contributed by atoms with Crippen molar-refractivity contribution in [3.63, 3.8) is 0 Å². The van der Waals surface area contributed by atoms with Crippen LogP contribution >= 0.6 is 27.3 Å². The minimum Gasteiger partial charge on any atom is -0.312 e. The number of piperidine rings is 1. The Labute approximate surface area is 183 Å². The van der Waals surface area contributed by atoms with Crippen LogP contribution in [-0.2, 0) is 16.1 Å². The summed E-state index contributed by atoms with van der Waals surface area (Å²) in [5, 5.41) is 5.43. The van der Waals surface area contributed by atoms with Gasteiger partial charge in [-0.25, -0.2) is 4.98 Å². The van der Waals surface area contributed by atoms with Crippen LogP contribution in [0.4, 0.5) is 10.8 Å². The predicted octanol–water partition coefficient (Wildman–Crippen LogP) is 4.13. The van der Waals surface area contributed by atoms with E-state index >= 15 is 0 Å². The molecule has 2 aliphatic rings. The van der Waals surface area contributed by atoms with Gasteiger partial charge in [0.1, 0.15) is 5.92 Å². The largest absolute Gasteiger partial charge is 0.312 e. The van der Waals surface area contributed by atoms with Gasteiger partial charge in [-0.1, -0.05) is 28.9 Å². The molecule has 0 aliphatic carbocycles. The molecule has 2 fully saturated rings. The molecule has 0 saturated carbocycles. The normalized spacial score (nSPS) is 22.8. The second kappa shape index (κ2) is 8.93. The summed E-state index contributed by atoms with van der Waals surface area (Å²) in [5.74, 6) is -0.355. The molecule has 3 heterocycles. The van der Waals surface area contributed by atoms with E-state index < -0.39 is 5.92 Å². The van der Waals surface area contributed by atoms with E-state index in [4.69, 9.17) is 0 Å². The van der Waals surface area contributed by atoms with Gasteiger partial charge in [0.25, 0.3) is 0 Å². The first kappa shape index (κ1) is 20.5. The van der Waals surface area contributed by atoms with Crippen molar-refractivity contribution in [2.24, 2.45) is 11.8 Å². The predicted molar refractivity (Wildman–Crippen MR) is 119 cm³/mol. The second-order valence-corrected chi connectivity index (χ2v) is 9.70. The Kier molecular flexibility index (Phi) is 6.32. The Bertz CT molecular complexity index is 902. The van der Waals surface area contributed by atoms with Gasteiger partial charge in [0, 0.05) is 35.2 Å². The molecule has 1 aromatic carbocycles. The maximum atomic E-state index is 12.8. The summed E-state index contributed by atoms with van der Waals surface area (Å²) in [6, 6.07) is 7.59. The second-order valence-electron chi connectivity index (χ2n) is 7.93. The molecule has 6 nitrogen and oxygen atoms in total. The molecule has 2 saturated heterocycles. The number of amides is 2. The first-order valence-corrected chi connectivity index (χ1v) is 11.7. The van der Waals surface area contributed by atoms with Crippen LogP contribution in [0.2, 0.25) is 0 Å². The zero-order valence-electron chi connectivity index (χ0n) is 16.4. The van der Waals surface area contributed by atoms with Crippen LogP contribution in [0.15, 0.2) is 34.1 Å². The molecule has 0 radical (unpaired) electrons. The van der Waals surface area contributed by atoms with E-state index in [-0.39, 0.29) is 11.8 Å². The monoisotopic (exact) mass is 476 g/mol. The van der Waals surface area contributed by atoms with Crippen molar-refractivity contribution in [3.8, 4) is 0 Å². The van der Waals surface area contributed by atoms with Gasteiger partial charge in [0.05, 0.1) is 5.69 Å². The third-order valence-corrected chi connectivity index (χ3v) is 6.85. The lowest BCUT2D eigenvalue weighted by atomic mass is 10.0. The van der Waals surface area contributed by atoms with E-state index in [1.54, 1.807) is 4.90 Å². The van der Waals surface area contributed by atoms with E-state index in [0.29, 0.717) is 18.1 Å². The lowest BCUT2D eigenvalue weighted by Gasteiger charge is -2.30. The van der Waals surface area contributed by atoms with Crippen molar-refractivity contribution in [3.05, 3.63) is 39.8 Å². The van der Waals surface area contributed by atoms with Crippen LogP contribution in [0, 0.1) is 11.8 Å². The minimum absolute atomic E-state index is 0.153. The van der Waals surface area contributed by atoms with Crippen molar-refractivity contribution in [1.29, 1.82) is 0 Å². The summed E-state index contributed by atoms with van der Waals surface area (Å²) >= 11 is 4.86. The molecular weight excluding hydrogens is 452 g/mol. The number of nitrogens with one attached hydrogen (secondary N) is 1. The van der Waals surface area contributed by atoms with Gasteiger partial charge in [-0.05, 0) is 49.9 Å². The number of halogens is 1. The molecule has 2 unspecified atom stereocenters. The molecule has 4 rings (SSSR count). The van der Waals surface area contributed by atoms with Gasteiger partial charge >= 0.3 is 0 Å². The van der Waals surface area contributed by atoms with Crippen LogP contribution in [0.25, 0.3) is 0 Å². The molecule has 2 aromatic rings. The van der Waals surface area contributed by atoms with E-state index in [2.05, 4.69) is 38.1 Å². The SMILES string of the molecule is CC1CCCN(Cc2csc(NC(=O)C3CCN(c4cccc(Br)c4)C3=O)n2)C1. The van der Waals surface area contributed by atoms with Crippen molar-refractivity contribution in [1.82, 2.24) is 9.88 Å². The van der Waals surface area contributed by atoms with Gasteiger partial charge in [-0.2, -0.15) is 0 Å². The van der Waals surface area contributed by atoms with Gasteiger partial charge in [0.2, 0.25) is 11.8 Å². The molecular formula is C21H25BrN4O2S. The molecule has 2 atom stereocenters. The summed E-state index contributed by atoms with van der Waals surface area (Å²) in [7, 11) is 0. The zero-order chi connectivity index (χ0) is 20.4. The lowest BCUT2D eigenvalue weighted by molar-refractivity contribution is -0.129. The number of nitrogens with zero attached hydrogens (tertiary/aromatic N) is 3. The van der Waals surface area contributed by atoms with Crippen molar-refractivity contribution in [2.45, 2.75) is 32.7 Å². The van der Waals surface area contributed by atoms with Crippen LogP contribution < -0.4 is 10.2 Å². The van der Waals surface area contributed by atoms with E-state index in [1.807, 2.05) is 29.6 Å². The Balaban J connectivity index is 1.35. The fourth-order valence-corrected chi connectivity index (χ4v) is 5.20. The third-order valence-electron chi connectivity index (χ3n) is 5.55. The fourth-order valence-electron chi connectivity index (χ4n) is 4.11. The third kappa shape index (κ3) is 4.87. The number of carbonyl (C=O) groups excluding carboxylic acids is 2. The first-order valence-electron chi connectivity index (χ1n) is 10.0. The molecule has 2 aliphatic heterocycles. The van der Waals surface area contributed by atoms with Crippen molar-refractivity contribution < 1.29 is 9.59 Å². The Morgan fingerprint density at radius 2 is 2.21 bits per heavy atom. The highest BCUT2D eigenvalue weighted by atomic mass is 79.9. The summed E-state index contributed by atoms with van der Waals surface area (Å²) in [5.41, 5.74) is 1.79. The Morgan fingerprint density at radius 3 is 3.00 bits per heavy atom. The van der Waals surface area contributed by atoms with Crippen LogP contribution in [0.3, 0.4) is 0 Å². The van der Waals surface area contributed by atoms with E-state index in [1.165, 1.54) is 24.2 Å². The maximum Gasteiger partial charge on any atom is 0.239 e. The smallest absolute Gasteiger partial charge is 0.239 e. The van der Waals surface area contributed by atoms with Gasteiger partial charge in [-0.15, -0.1) is 11.3 Å². The number of carbonyl (C=O) groups is 2. The summed E-state index contributed by atoms with van der Waals surface area (Å²) < 4.78 is 0.911. The molecule has 0 spiro atoms. The molecule has 29 heavy (non-hydrogen) atoms. The average Bonchev–Trinajstić information content (AvgIpc) is 3.28. The molecule has 1 aromatic heterocycles. The van der Waals surface area contributed by atoms with Gasteiger partial charge in [0.15, 0.2) is 5.13 Å². The fraction of sp³-hybridized carbons (Fsp3) is 0.476. The maximum absolute atomic E-state index is 12.8. The number of hydrogen-bond acceptors (Lipinski definition) is 5. The van der Waals surface area contributed by atoms with Crippen LogP contribution in [0.1, 0.15) is 31.9 Å². The number of hydrogen-bond donors (Lipinski definition) is 1. The summed E-state index contributed by atoms with van der Waals surface area (Å²) in [4.78, 5) is 34.1. The molecule has 0 bridgehead atoms. The number of benzene rings is 1. The van der Waals surface area contributed by atoms with Crippen LogP contribution in [0.5, 0.6) is 0 Å². The number of anilines is 2. The van der Waals surface area contributed by atoms with E-state index in [0.717, 1.165) is 41.4 Å². The highest BCUT2D eigenvalue weighted by Crippen LogP contribution is 2.29. The number of likely N-dealkylation sites (tertiary alicyclic amines) is 1. The van der Waals surface area contributed by atoms with Gasteiger partial charge < -0.3 is 10.2 Å². The minimum atomic E-state index is -0.663. The van der Waals surface area contributed by atoms with Gasteiger partial charge in [-0.3, -0.25) is 14.5 Å². The topological polar surface area (TPSA) is 65.5 Å². The van der Waals surface area contributed by atoms with Crippen molar-refractivity contribution >= 4 is 49.9 Å². The summed E-state index contributed by atoms with van der Waals surface area (Å²) in [6.07, 6.45) is 3.04. The first-order chi connectivity index (χ1) is 14.0. The molecule has 154 valence electrons.